The molecule has 0 saturated carbocycles. The molecule has 3 aromatic rings. The van der Waals surface area contributed by atoms with Gasteiger partial charge in [0.05, 0.1) is 6.61 Å². The fourth-order valence-electron chi connectivity index (χ4n) is 2.58. The first-order chi connectivity index (χ1) is 11.4. The van der Waals surface area contributed by atoms with Gasteiger partial charge in [0, 0.05) is 11.5 Å². The summed E-state index contributed by atoms with van der Waals surface area (Å²) >= 11 is 0. The minimum atomic E-state index is 0.756. The summed E-state index contributed by atoms with van der Waals surface area (Å²) in [5.41, 5.74) is 0. The summed E-state index contributed by atoms with van der Waals surface area (Å²) < 4.78 is 11.9. The highest BCUT2D eigenvalue weighted by atomic mass is 16.5. The average molecular weight is 306 g/mol. The summed E-state index contributed by atoms with van der Waals surface area (Å²) in [6.45, 7) is 2.95. The summed E-state index contributed by atoms with van der Waals surface area (Å²) in [6, 6.07) is 22.2. The van der Waals surface area contributed by atoms with Crippen LogP contribution < -0.4 is 9.47 Å². The van der Waals surface area contributed by atoms with E-state index in [1.807, 2.05) is 48.5 Å². The molecule has 0 unspecified atom stereocenters. The Morgan fingerprint density at radius 1 is 0.783 bits per heavy atom. The minimum absolute atomic E-state index is 0.756. The van der Waals surface area contributed by atoms with Gasteiger partial charge in [0.25, 0.3) is 0 Å². The molecule has 0 aromatic heterocycles. The zero-order valence-electron chi connectivity index (χ0n) is 13.5. The van der Waals surface area contributed by atoms with Crippen molar-refractivity contribution < 1.29 is 9.47 Å². The molecule has 3 rings (SSSR count). The van der Waals surface area contributed by atoms with Gasteiger partial charge in [-0.3, -0.25) is 0 Å². The number of hydrogen-bond acceptors (Lipinski definition) is 2. The minimum Gasteiger partial charge on any atom is -0.493 e. The molecule has 2 heteroatoms. The fraction of sp³-hybridized carbons (Fsp3) is 0.238. The summed E-state index contributed by atoms with van der Waals surface area (Å²) in [4.78, 5) is 0. The highest BCUT2D eigenvalue weighted by molar-refractivity contribution is 5.88. The molecule has 23 heavy (non-hydrogen) atoms. The van der Waals surface area contributed by atoms with Crippen molar-refractivity contribution in [1.82, 2.24) is 0 Å². The third-order valence-corrected chi connectivity index (χ3v) is 3.80. The number of hydrogen-bond donors (Lipinski definition) is 0. The van der Waals surface area contributed by atoms with Gasteiger partial charge in [0.2, 0.25) is 0 Å². The molecule has 0 heterocycles. The normalized spacial score (nSPS) is 10.7. The Morgan fingerprint density at radius 2 is 1.57 bits per heavy atom. The molecule has 0 aliphatic carbocycles. The molecular weight excluding hydrogens is 284 g/mol. The number of benzene rings is 3. The van der Waals surface area contributed by atoms with Crippen molar-refractivity contribution in [2.45, 2.75) is 26.2 Å². The van der Waals surface area contributed by atoms with E-state index in [2.05, 4.69) is 25.1 Å². The largest absolute Gasteiger partial charge is 0.493 e. The molecule has 3 aromatic carbocycles. The molecule has 0 aliphatic heterocycles. The Kier molecular flexibility index (Phi) is 5.15. The Hall–Kier alpha value is -2.48. The maximum Gasteiger partial charge on any atom is 0.135 e. The van der Waals surface area contributed by atoms with Gasteiger partial charge in [-0.15, -0.1) is 0 Å². The van der Waals surface area contributed by atoms with Crippen molar-refractivity contribution in [3.8, 4) is 17.2 Å². The van der Waals surface area contributed by atoms with Crippen LogP contribution in [0.5, 0.6) is 17.2 Å². The van der Waals surface area contributed by atoms with E-state index in [0.717, 1.165) is 35.7 Å². The van der Waals surface area contributed by atoms with E-state index in [9.17, 15) is 0 Å². The number of ether oxygens (including phenoxy) is 2. The van der Waals surface area contributed by atoms with E-state index in [0.29, 0.717) is 0 Å². The van der Waals surface area contributed by atoms with Crippen molar-refractivity contribution in [2.75, 3.05) is 6.61 Å². The first kappa shape index (κ1) is 15.4. The lowest BCUT2D eigenvalue weighted by atomic mass is 10.1. The van der Waals surface area contributed by atoms with E-state index in [1.54, 1.807) is 0 Å². The van der Waals surface area contributed by atoms with Crippen LogP contribution in [0.4, 0.5) is 0 Å². The van der Waals surface area contributed by atoms with E-state index < -0.39 is 0 Å². The first-order valence-corrected chi connectivity index (χ1v) is 8.25. The molecular formula is C21H22O2. The van der Waals surface area contributed by atoms with Crippen molar-refractivity contribution in [3.63, 3.8) is 0 Å². The zero-order valence-corrected chi connectivity index (χ0v) is 13.5. The molecule has 0 spiro atoms. The maximum atomic E-state index is 6.08. The molecule has 2 nitrogen and oxygen atoms in total. The van der Waals surface area contributed by atoms with E-state index >= 15 is 0 Å². The quantitative estimate of drug-likeness (QED) is 0.484. The number of rotatable bonds is 7. The smallest absolute Gasteiger partial charge is 0.135 e. The van der Waals surface area contributed by atoms with E-state index in [4.69, 9.17) is 9.47 Å². The predicted molar refractivity (Wildman–Crippen MR) is 95.5 cm³/mol. The van der Waals surface area contributed by atoms with Gasteiger partial charge >= 0.3 is 0 Å². The Balaban J connectivity index is 1.74. The second-order valence-corrected chi connectivity index (χ2v) is 5.61. The summed E-state index contributed by atoms with van der Waals surface area (Å²) in [5, 5.41) is 2.29. The van der Waals surface area contributed by atoms with Crippen LogP contribution in [-0.2, 0) is 0 Å². The number of fused-ring (bicyclic) bond motifs is 1. The molecule has 0 atom stereocenters. The molecule has 0 bridgehead atoms. The highest BCUT2D eigenvalue weighted by Crippen LogP contribution is 2.31. The van der Waals surface area contributed by atoms with E-state index in [1.165, 1.54) is 18.2 Å². The van der Waals surface area contributed by atoms with Crippen LogP contribution in [0.15, 0.2) is 66.7 Å². The van der Waals surface area contributed by atoms with Crippen LogP contribution in [0, 0.1) is 0 Å². The lowest BCUT2D eigenvalue weighted by molar-refractivity contribution is 0.305. The third-order valence-electron chi connectivity index (χ3n) is 3.80. The van der Waals surface area contributed by atoms with Crippen molar-refractivity contribution in [2.24, 2.45) is 0 Å². The first-order valence-electron chi connectivity index (χ1n) is 8.25. The maximum absolute atomic E-state index is 6.08. The Bertz CT molecular complexity index is 759. The summed E-state index contributed by atoms with van der Waals surface area (Å²) in [7, 11) is 0. The van der Waals surface area contributed by atoms with Gasteiger partial charge in [-0.05, 0) is 30.0 Å². The van der Waals surface area contributed by atoms with Crippen molar-refractivity contribution in [1.29, 1.82) is 0 Å². The average Bonchev–Trinajstić information content (AvgIpc) is 2.60. The van der Waals surface area contributed by atoms with Crippen LogP contribution in [-0.4, -0.2) is 6.61 Å². The molecule has 118 valence electrons. The van der Waals surface area contributed by atoms with Crippen molar-refractivity contribution in [3.05, 3.63) is 66.7 Å². The van der Waals surface area contributed by atoms with Gasteiger partial charge in [-0.1, -0.05) is 62.2 Å². The molecule has 0 fully saturated rings. The van der Waals surface area contributed by atoms with Gasteiger partial charge in [-0.25, -0.2) is 0 Å². The van der Waals surface area contributed by atoms with Gasteiger partial charge in [0.15, 0.2) is 0 Å². The molecule has 0 saturated heterocycles. The molecule has 0 N–H and O–H groups in total. The monoisotopic (exact) mass is 306 g/mol. The topological polar surface area (TPSA) is 18.5 Å². The van der Waals surface area contributed by atoms with Crippen LogP contribution in [0.3, 0.4) is 0 Å². The summed E-state index contributed by atoms with van der Waals surface area (Å²) in [6.07, 6.45) is 3.49. The predicted octanol–water partition coefficient (Wildman–Crippen LogP) is 6.20. The lowest BCUT2D eigenvalue weighted by Gasteiger charge is -2.11. The van der Waals surface area contributed by atoms with Crippen LogP contribution >= 0.6 is 0 Å². The Labute approximate surface area is 137 Å². The standard InChI is InChI=1S/C21H22O2/c1-2-3-6-15-22-18-11-8-12-19(16-18)23-21-14-7-10-17-9-4-5-13-20(17)21/h4-5,7-14,16H,2-3,6,15H2,1H3. The highest BCUT2D eigenvalue weighted by Gasteiger charge is 2.04. The third kappa shape index (κ3) is 4.04. The van der Waals surface area contributed by atoms with Crippen LogP contribution in [0.25, 0.3) is 10.8 Å². The SMILES string of the molecule is CCCCCOc1cccc(Oc2cccc3ccccc23)c1. The van der Waals surface area contributed by atoms with E-state index in [-0.39, 0.29) is 0 Å². The van der Waals surface area contributed by atoms with Crippen LogP contribution in [0.2, 0.25) is 0 Å². The van der Waals surface area contributed by atoms with Crippen LogP contribution in [0.1, 0.15) is 26.2 Å². The Morgan fingerprint density at radius 3 is 2.48 bits per heavy atom. The molecule has 0 aliphatic rings. The lowest BCUT2D eigenvalue weighted by Crippen LogP contribution is -1.97. The fourth-order valence-corrected chi connectivity index (χ4v) is 2.58. The molecule has 0 amide bonds. The van der Waals surface area contributed by atoms with Crippen molar-refractivity contribution >= 4 is 10.8 Å². The zero-order chi connectivity index (χ0) is 15.9. The summed E-state index contributed by atoms with van der Waals surface area (Å²) in [5.74, 6) is 2.53. The number of unbranched alkanes of at least 4 members (excludes halogenated alkanes) is 2. The second-order valence-electron chi connectivity index (χ2n) is 5.61. The van der Waals surface area contributed by atoms with Gasteiger partial charge in [0.1, 0.15) is 17.2 Å². The second kappa shape index (κ2) is 7.68. The van der Waals surface area contributed by atoms with Gasteiger partial charge in [-0.2, -0.15) is 0 Å². The van der Waals surface area contributed by atoms with Gasteiger partial charge < -0.3 is 9.47 Å². The molecule has 0 radical (unpaired) electrons.